The summed E-state index contributed by atoms with van der Waals surface area (Å²) >= 11 is 1.61. The number of carbonyl (C=O) groups is 2. The second kappa shape index (κ2) is 12.4. The highest BCUT2D eigenvalue weighted by atomic mass is 32.1. The first-order valence-electron chi connectivity index (χ1n) is 11.0. The van der Waals surface area contributed by atoms with Crippen molar-refractivity contribution in [1.29, 1.82) is 5.26 Å². The van der Waals surface area contributed by atoms with Crippen LogP contribution in [0.5, 0.6) is 0 Å². The summed E-state index contributed by atoms with van der Waals surface area (Å²) in [5.74, 6) is -0.107. The van der Waals surface area contributed by atoms with E-state index in [0.29, 0.717) is 30.9 Å². The number of nitriles is 1. The molecule has 0 atom stereocenters. The van der Waals surface area contributed by atoms with E-state index in [0.717, 1.165) is 23.3 Å². The lowest BCUT2D eigenvalue weighted by Gasteiger charge is -2.28. The van der Waals surface area contributed by atoms with E-state index in [-0.39, 0.29) is 18.5 Å². The first-order valence-corrected chi connectivity index (χ1v) is 11.9. The summed E-state index contributed by atoms with van der Waals surface area (Å²) in [6.07, 6.45) is 1.70. The zero-order chi connectivity index (χ0) is 23.5. The smallest absolute Gasteiger partial charge is 0.322 e. The van der Waals surface area contributed by atoms with Gasteiger partial charge < -0.3 is 15.1 Å². The number of nitrogens with zero attached hydrogens (tertiary/aromatic N) is 3. The Morgan fingerprint density at radius 1 is 1.00 bits per heavy atom. The molecule has 3 amide bonds. The monoisotopic (exact) mass is 460 g/mol. The summed E-state index contributed by atoms with van der Waals surface area (Å²) in [6.45, 7) is 3.49. The third-order valence-corrected chi connectivity index (χ3v) is 5.99. The Morgan fingerprint density at radius 2 is 1.82 bits per heavy atom. The van der Waals surface area contributed by atoms with Gasteiger partial charge in [0.25, 0.3) is 0 Å². The van der Waals surface area contributed by atoms with Crippen molar-refractivity contribution in [2.75, 3.05) is 18.4 Å². The van der Waals surface area contributed by atoms with E-state index >= 15 is 0 Å². The molecule has 3 aromatic rings. The summed E-state index contributed by atoms with van der Waals surface area (Å²) in [7, 11) is 0. The first-order chi connectivity index (χ1) is 16.1. The van der Waals surface area contributed by atoms with Gasteiger partial charge in [0.1, 0.15) is 6.54 Å². The molecule has 170 valence electrons. The van der Waals surface area contributed by atoms with Crippen LogP contribution in [-0.4, -0.2) is 34.8 Å². The van der Waals surface area contributed by atoms with Gasteiger partial charge in [0.2, 0.25) is 5.91 Å². The number of thiophene rings is 1. The Bertz CT molecular complexity index is 1080. The fraction of sp³-hybridized carbons (Fsp3) is 0.269. The fourth-order valence-corrected chi connectivity index (χ4v) is 4.08. The fourth-order valence-electron chi connectivity index (χ4n) is 3.36. The van der Waals surface area contributed by atoms with Gasteiger partial charge in [-0.15, -0.1) is 11.3 Å². The van der Waals surface area contributed by atoms with Crippen molar-refractivity contribution in [2.45, 2.75) is 32.9 Å². The van der Waals surface area contributed by atoms with Gasteiger partial charge in [-0.25, -0.2) is 4.79 Å². The van der Waals surface area contributed by atoms with Crippen molar-refractivity contribution in [1.82, 2.24) is 9.80 Å². The Kier molecular flexibility index (Phi) is 9.04. The number of amides is 3. The van der Waals surface area contributed by atoms with Gasteiger partial charge in [-0.2, -0.15) is 5.26 Å². The topological polar surface area (TPSA) is 76.4 Å². The minimum Gasteiger partial charge on any atom is -0.332 e. The molecule has 3 rings (SSSR count). The average Bonchev–Trinajstić information content (AvgIpc) is 3.35. The molecule has 1 N–H and O–H groups in total. The molecule has 0 aliphatic heterocycles. The van der Waals surface area contributed by atoms with Crippen molar-refractivity contribution in [3.63, 3.8) is 0 Å². The quantitative estimate of drug-likeness (QED) is 0.435. The standard InChI is InChI=1S/C26H28N4O2S/c1-2-3-14-29(26(32)28-23-12-7-11-22(16-23)17-27)20-25(31)30(19-24-13-8-15-33-24)18-21-9-5-4-6-10-21/h4-13,15-16H,2-3,14,18-20H2,1H3,(H,28,32). The number of nitrogens with one attached hydrogen (secondary N) is 1. The van der Waals surface area contributed by atoms with Crippen molar-refractivity contribution >= 4 is 29.0 Å². The molecule has 0 fully saturated rings. The zero-order valence-corrected chi connectivity index (χ0v) is 19.6. The van der Waals surface area contributed by atoms with Gasteiger partial charge in [0.15, 0.2) is 0 Å². The minimum atomic E-state index is -0.345. The van der Waals surface area contributed by atoms with E-state index in [1.165, 1.54) is 0 Å². The number of urea groups is 1. The molecule has 33 heavy (non-hydrogen) atoms. The van der Waals surface area contributed by atoms with Crippen molar-refractivity contribution in [3.05, 3.63) is 88.1 Å². The molecule has 0 saturated carbocycles. The van der Waals surface area contributed by atoms with E-state index in [4.69, 9.17) is 5.26 Å². The predicted octanol–water partition coefficient (Wildman–Crippen LogP) is 5.48. The SMILES string of the molecule is CCCCN(CC(=O)N(Cc1ccccc1)Cc1cccs1)C(=O)Nc1cccc(C#N)c1. The van der Waals surface area contributed by atoms with Crippen LogP contribution in [0.25, 0.3) is 0 Å². The van der Waals surface area contributed by atoms with Crippen LogP contribution in [0.15, 0.2) is 72.1 Å². The van der Waals surface area contributed by atoms with Crippen LogP contribution in [0.4, 0.5) is 10.5 Å². The molecule has 0 saturated heterocycles. The van der Waals surface area contributed by atoms with Gasteiger partial charge >= 0.3 is 6.03 Å². The molecule has 0 spiro atoms. The third-order valence-electron chi connectivity index (χ3n) is 5.13. The molecule has 7 heteroatoms. The molecule has 6 nitrogen and oxygen atoms in total. The van der Waals surface area contributed by atoms with Crippen LogP contribution in [0, 0.1) is 11.3 Å². The highest BCUT2D eigenvalue weighted by molar-refractivity contribution is 7.09. The molecule has 0 unspecified atom stereocenters. The summed E-state index contributed by atoms with van der Waals surface area (Å²) in [5, 5.41) is 13.9. The van der Waals surface area contributed by atoms with E-state index in [1.54, 1.807) is 45.4 Å². The van der Waals surface area contributed by atoms with Gasteiger partial charge in [0, 0.05) is 23.7 Å². The molecule has 1 aromatic heterocycles. The maximum absolute atomic E-state index is 13.4. The van der Waals surface area contributed by atoms with Crippen LogP contribution in [0.1, 0.15) is 35.8 Å². The van der Waals surface area contributed by atoms with Gasteiger partial charge in [-0.3, -0.25) is 4.79 Å². The number of carbonyl (C=O) groups excluding carboxylic acids is 2. The van der Waals surface area contributed by atoms with Crippen LogP contribution in [0.3, 0.4) is 0 Å². The van der Waals surface area contributed by atoms with Crippen LogP contribution in [0.2, 0.25) is 0 Å². The van der Waals surface area contributed by atoms with Crippen LogP contribution < -0.4 is 5.32 Å². The number of unbranched alkanes of at least 4 members (excludes halogenated alkanes) is 1. The molecular formula is C26H28N4O2S. The second-order valence-corrected chi connectivity index (χ2v) is 8.74. The lowest BCUT2D eigenvalue weighted by Crippen LogP contribution is -2.44. The van der Waals surface area contributed by atoms with Crippen molar-refractivity contribution < 1.29 is 9.59 Å². The largest absolute Gasteiger partial charge is 0.332 e. The lowest BCUT2D eigenvalue weighted by atomic mass is 10.2. The Balaban J connectivity index is 1.74. The minimum absolute atomic E-state index is 0.0119. The zero-order valence-electron chi connectivity index (χ0n) is 18.7. The van der Waals surface area contributed by atoms with E-state index in [2.05, 4.69) is 11.4 Å². The van der Waals surface area contributed by atoms with Gasteiger partial charge in [-0.05, 0) is 41.6 Å². The summed E-state index contributed by atoms with van der Waals surface area (Å²) in [4.78, 5) is 30.8. The van der Waals surface area contributed by atoms with Crippen molar-refractivity contribution in [2.24, 2.45) is 0 Å². The maximum atomic E-state index is 13.4. The predicted molar refractivity (Wildman–Crippen MR) is 132 cm³/mol. The average molecular weight is 461 g/mol. The highest BCUT2D eigenvalue weighted by Gasteiger charge is 2.22. The van der Waals surface area contributed by atoms with Gasteiger partial charge in [0.05, 0.1) is 18.2 Å². The summed E-state index contributed by atoms with van der Waals surface area (Å²) < 4.78 is 0. The number of hydrogen-bond acceptors (Lipinski definition) is 4. The molecule has 0 radical (unpaired) electrons. The Labute approximate surface area is 199 Å². The third kappa shape index (κ3) is 7.48. The van der Waals surface area contributed by atoms with Crippen LogP contribution in [-0.2, 0) is 17.9 Å². The highest BCUT2D eigenvalue weighted by Crippen LogP contribution is 2.16. The molecule has 2 aromatic carbocycles. The second-order valence-electron chi connectivity index (χ2n) is 7.71. The lowest BCUT2D eigenvalue weighted by molar-refractivity contribution is -0.133. The number of anilines is 1. The Hall–Kier alpha value is -3.63. The molecule has 0 bridgehead atoms. The molecular weight excluding hydrogens is 432 g/mol. The summed E-state index contributed by atoms with van der Waals surface area (Å²) in [5.41, 5.74) is 2.04. The van der Waals surface area contributed by atoms with E-state index in [9.17, 15) is 9.59 Å². The maximum Gasteiger partial charge on any atom is 0.322 e. The van der Waals surface area contributed by atoms with E-state index < -0.39 is 0 Å². The Morgan fingerprint density at radius 3 is 2.52 bits per heavy atom. The molecule has 0 aliphatic rings. The number of rotatable bonds is 10. The van der Waals surface area contributed by atoms with Crippen LogP contribution >= 0.6 is 11.3 Å². The number of benzene rings is 2. The van der Waals surface area contributed by atoms with E-state index in [1.807, 2.05) is 54.8 Å². The molecule has 0 aliphatic carbocycles. The van der Waals surface area contributed by atoms with Crippen molar-refractivity contribution in [3.8, 4) is 6.07 Å². The summed E-state index contributed by atoms with van der Waals surface area (Å²) in [6, 6.07) is 22.3. The molecule has 1 heterocycles. The number of hydrogen-bond donors (Lipinski definition) is 1. The van der Waals surface area contributed by atoms with Gasteiger partial charge in [-0.1, -0.05) is 55.8 Å². The normalized spacial score (nSPS) is 10.3. The first kappa shape index (κ1) is 24.0.